The van der Waals surface area contributed by atoms with Gasteiger partial charge in [-0.1, -0.05) is 51.0 Å². The summed E-state index contributed by atoms with van der Waals surface area (Å²) in [6, 6.07) is 6.77. The van der Waals surface area contributed by atoms with Crippen molar-refractivity contribution < 1.29 is 0 Å². The summed E-state index contributed by atoms with van der Waals surface area (Å²) in [5.74, 6) is 1.99. The van der Waals surface area contributed by atoms with Crippen LogP contribution in [0.4, 0.5) is 0 Å². The van der Waals surface area contributed by atoms with E-state index in [1.165, 1.54) is 29.5 Å². The van der Waals surface area contributed by atoms with Crippen molar-refractivity contribution in [2.75, 3.05) is 0 Å². The zero-order valence-corrected chi connectivity index (χ0v) is 13.2. The van der Waals surface area contributed by atoms with Crippen LogP contribution in [0.25, 0.3) is 0 Å². The molecule has 1 nitrogen and oxygen atoms in total. The fraction of sp³-hybridized carbons (Fsp3) is 0.667. The second-order valence-electron chi connectivity index (χ2n) is 7.10. The summed E-state index contributed by atoms with van der Waals surface area (Å²) in [4.78, 5) is 0. The molecule has 1 aliphatic carbocycles. The molecule has 0 amide bonds. The molecular formula is C18H29N. The van der Waals surface area contributed by atoms with E-state index in [2.05, 4.69) is 52.8 Å². The zero-order chi connectivity index (χ0) is 14.2. The van der Waals surface area contributed by atoms with E-state index in [1.54, 1.807) is 0 Å². The lowest BCUT2D eigenvalue weighted by Gasteiger charge is -2.47. The average molecular weight is 259 g/mol. The molecule has 0 saturated heterocycles. The molecule has 1 aromatic rings. The van der Waals surface area contributed by atoms with Crippen molar-refractivity contribution in [3.05, 3.63) is 34.9 Å². The zero-order valence-electron chi connectivity index (χ0n) is 13.2. The molecule has 106 valence electrons. The number of rotatable bonds is 2. The Bertz CT molecular complexity index is 449. The summed E-state index contributed by atoms with van der Waals surface area (Å²) >= 11 is 0. The third-order valence-electron chi connectivity index (χ3n) is 5.01. The van der Waals surface area contributed by atoms with Gasteiger partial charge in [0.25, 0.3) is 0 Å². The molecule has 0 aromatic heterocycles. The van der Waals surface area contributed by atoms with E-state index in [0.29, 0.717) is 11.8 Å². The molecule has 3 unspecified atom stereocenters. The first-order chi connectivity index (χ1) is 8.84. The lowest BCUT2D eigenvalue weighted by Crippen LogP contribution is -2.50. The van der Waals surface area contributed by atoms with Crippen molar-refractivity contribution in [2.24, 2.45) is 23.5 Å². The molecule has 1 heteroatoms. The smallest absolute Gasteiger partial charge is 0.0445 e. The van der Waals surface area contributed by atoms with Gasteiger partial charge in [-0.2, -0.15) is 0 Å². The van der Waals surface area contributed by atoms with Crippen LogP contribution in [-0.2, 0) is 5.54 Å². The molecule has 19 heavy (non-hydrogen) atoms. The topological polar surface area (TPSA) is 26.0 Å². The summed E-state index contributed by atoms with van der Waals surface area (Å²) < 4.78 is 0. The second kappa shape index (κ2) is 5.28. The van der Waals surface area contributed by atoms with Gasteiger partial charge >= 0.3 is 0 Å². The number of nitrogens with two attached hydrogens (primary N) is 1. The maximum Gasteiger partial charge on any atom is 0.0445 e. The minimum Gasteiger partial charge on any atom is -0.321 e. The van der Waals surface area contributed by atoms with Gasteiger partial charge < -0.3 is 5.73 Å². The highest BCUT2D eigenvalue weighted by Crippen LogP contribution is 2.46. The summed E-state index contributed by atoms with van der Waals surface area (Å²) in [6.45, 7) is 11.4. The highest BCUT2D eigenvalue weighted by Gasteiger charge is 2.43. The molecule has 1 fully saturated rings. The third kappa shape index (κ3) is 2.72. The van der Waals surface area contributed by atoms with Crippen molar-refractivity contribution in [3.63, 3.8) is 0 Å². The van der Waals surface area contributed by atoms with Gasteiger partial charge in [-0.05, 0) is 55.6 Å². The van der Waals surface area contributed by atoms with E-state index in [0.717, 1.165) is 12.3 Å². The Morgan fingerprint density at radius 3 is 2.47 bits per heavy atom. The predicted octanol–water partition coefficient (Wildman–Crippen LogP) is 4.55. The highest BCUT2D eigenvalue weighted by molar-refractivity contribution is 5.37. The van der Waals surface area contributed by atoms with E-state index in [4.69, 9.17) is 5.73 Å². The Morgan fingerprint density at radius 1 is 1.21 bits per heavy atom. The number of aryl methyl sites for hydroxylation is 2. The molecule has 3 atom stereocenters. The van der Waals surface area contributed by atoms with Gasteiger partial charge in [0.1, 0.15) is 0 Å². The molecule has 0 bridgehead atoms. The lowest BCUT2D eigenvalue weighted by molar-refractivity contribution is 0.108. The number of hydrogen-bond acceptors (Lipinski definition) is 1. The first-order valence-corrected chi connectivity index (χ1v) is 7.71. The van der Waals surface area contributed by atoms with Crippen molar-refractivity contribution in [2.45, 2.75) is 59.4 Å². The summed E-state index contributed by atoms with van der Waals surface area (Å²) in [7, 11) is 0. The van der Waals surface area contributed by atoms with E-state index in [9.17, 15) is 0 Å². The van der Waals surface area contributed by atoms with E-state index in [-0.39, 0.29) is 5.54 Å². The molecule has 0 radical (unpaired) electrons. The Labute approximate surface area is 118 Å². The van der Waals surface area contributed by atoms with Gasteiger partial charge in [0.15, 0.2) is 0 Å². The van der Waals surface area contributed by atoms with Gasteiger partial charge in [-0.15, -0.1) is 0 Å². The van der Waals surface area contributed by atoms with Crippen molar-refractivity contribution in [3.8, 4) is 0 Å². The highest BCUT2D eigenvalue weighted by atomic mass is 14.8. The molecule has 2 rings (SSSR count). The Hall–Kier alpha value is -0.820. The van der Waals surface area contributed by atoms with Crippen LogP contribution >= 0.6 is 0 Å². The second-order valence-corrected chi connectivity index (χ2v) is 7.10. The van der Waals surface area contributed by atoms with Crippen LogP contribution in [-0.4, -0.2) is 0 Å². The van der Waals surface area contributed by atoms with Crippen molar-refractivity contribution in [1.29, 1.82) is 0 Å². The van der Waals surface area contributed by atoms with Crippen LogP contribution in [0.2, 0.25) is 0 Å². The van der Waals surface area contributed by atoms with Crippen LogP contribution in [0.5, 0.6) is 0 Å². The fourth-order valence-electron chi connectivity index (χ4n) is 4.13. The maximum atomic E-state index is 6.97. The Morgan fingerprint density at radius 2 is 1.89 bits per heavy atom. The Kier molecular flexibility index (Phi) is 4.06. The van der Waals surface area contributed by atoms with Crippen LogP contribution in [0, 0.1) is 31.6 Å². The lowest BCUT2D eigenvalue weighted by atomic mass is 9.62. The normalized spacial score (nSPS) is 31.7. The molecule has 1 aliphatic rings. The first kappa shape index (κ1) is 14.6. The molecule has 0 heterocycles. The first-order valence-electron chi connectivity index (χ1n) is 7.71. The van der Waals surface area contributed by atoms with Crippen LogP contribution in [0.1, 0.15) is 56.7 Å². The molecule has 1 saturated carbocycles. The van der Waals surface area contributed by atoms with Gasteiger partial charge in [-0.25, -0.2) is 0 Å². The Balaban J connectivity index is 2.46. The minimum atomic E-state index is -0.135. The van der Waals surface area contributed by atoms with Gasteiger partial charge in [0.05, 0.1) is 0 Å². The molecule has 2 N–H and O–H groups in total. The van der Waals surface area contributed by atoms with Gasteiger partial charge in [-0.3, -0.25) is 0 Å². The van der Waals surface area contributed by atoms with E-state index in [1.807, 2.05) is 0 Å². The fourth-order valence-corrected chi connectivity index (χ4v) is 4.13. The summed E-state index contributed by atoms with van der Waals surface area (Å²) in [5, 5.41) is 0. The summed E-state index contributed by atoms with van der Waals surface area (Å²) in [5.41, 5.74) is 10.9. The molecular weight excluding hydrogens is 230 g/mol. The number of hydrogen-bond donors (Lipinski definition) is 1. The van der Waals surface area contributed by atoms with Crippen LogP contribution < -0.4 is 5.73 Å². The summed E-state index contributed by atoms with van der Waals surface area (Å²) in [6.07, 6.45) is 3.72. The maximum absolute atomic E-state index is 6.97. The third-order valence-corrected chi connectivity index (χ3v) is 5.01. The van der Waals surface area contributed by atoms with Gasteiger partial charge in [0, 0.05) is 5.54 Å². The minimum absolute atomic E-state index is 0.135. The van der Waals surface area contributed by atoms with E-state index >= 15 is 0 Å². The molecule has 1 aromatic carbocycles. The molecule has 0 aliphatic heterocycles. The molecule has 0 spiro atoms. The van der Waals surface area contributed by atoms with Crippen LogP contribution in [0.15, 0.2) is 18.2 Å². The van der Waals surface area contributed by atoms with E-state index < -0.39 is 0 Å². The van der Waals surface area contributed by atoms with Crippen LogP contribution in [0.3, 0.4) is 0 Å². The monoisotopic (exact) mass is 259 g/mol. The number of benzene rings is 1. The quantitative estimate of drug-likeness (QED) is 0.828. The van der Waals surface area contributed by atoms with Crippen molar-refractivity contribution in [1.82, 2.24) is 0 Å². The van der Waals surface area contributed by atoms with Crippen molar-refractivity contribution >= 4 is 0 Å². The SMILES string of the molecule is Cc1ccc(C2(N)CC(C)CCC2C(C)C)c(C)c1. The average Bonchev–Trinajstić information content (AvgIpc) is 2.27. The standard InChI is InChI=1S/C18H29N/c1-12(2)16-8-7-14(4)11-18(16,19)17-9-6-13(3)10-15(17)5/h6,9-10,12,14,16H,7-8,11,19H2,1-5H3. The largest absolute Gasteiger partial charge is 0.321 e. The van der Waals surface area contributed by atoms with Gasteiger partial charge in [0.2, 0.25) is 0 Å². The predicted molar refractivity (Wildman–Crippen MR) is 83.1 cm³/mol.